The highest BCUT2D eigenvalue weighted by atomic mass is 32.1. The quantitative estimate of drug-likeness (QED) is 0.633. The number of para-hydroxylation sites is 1. The lowest BCUT2D eigenvalue weighted by molar-refractivity contribution is 0.483. The highest BCUT2D eigenvalue weighted by molar-refractivity contribution is 7.71. The van der Waals surface area contributed by atoms with Crippen LogP contribution in [0.25, 0.3) is 11.0 Å². The first kappa shape index (κ1) is 13.8. The summed E-state index contributed by atoms with van der Waals surface area (Å²) >= 11 is 5.41. The van der Waals surface area contributed by atoms with Crippen LogP contribution in [0.3, 0.4) is 0 Å². The summed E-state index contributed by atoms with van der Waals surface area (Å²) in [7, 11) is 0. The van der Waals surface area contributed by atoms with Crippen molar-refractivity contribution in [3.8, 4) is 6.07 Å². The minimum absolute atomic E-state index is 0.363. The number of H-pyrrole nitrogens is 1. The molecule has 4 heteroatoms. The fourth-order valence-corrected chi connectivity index (χ4v) is 2.88. The van der Waals surface area contributed by atoms with Gasteiger partial charge in [-0.25, -0.2) is 0 Å². The molecule has 0 aliphatic rings. The Balaban J connectivity index is 2.41. The van der Waals surface area contributed by atoms with E-state index in [2.05, 4.69) is 29.5 Å². The second-order valence-corrected chi connectivity index (χ2v) is 5.34. The van der Waals surface area contributed by atoms with Crippen molar-refractivity contribution >= 4 is 23.3 Å². The zero-order valence-electron chi connectivity index (χ0n) is 11.4. The predicted molar refractivity (Wildman–Crippen MR) is 80.7 cm³/mol. The van der Waals surface area contributed by atoms with Crippen LogP contribution in [0.1, 0.15) is 51.1 Å². The van der Waals surface area contributed by atoms with Gasteiger partial charge in [0.25, 0.3) is 0 Å². The number of hydrogen-bond donors (Lipinski definition) is 1. The molecule has 2 rings (SSSR count). The van der Waals surface area contributed by atoms with E-state index >= 15 is 0 Å². The summed E-state index contributed by atoms with van der Waals surface area (Å²) in [4.78, 5) is 3.17. The Labute approximate surface area is 118 Å². The monoisotopic (exact) mass is 273 g/mol. The van der Waals surface area contributed by atoms with Crippen LogP contribution in [-0.2, 0) is 0 Å². The molecule has 1 N–H and O–H groups in total. The van der Waals surface area contributed by atoms with Gasteiger partial charge in [0, 0.05) is 6.04 Å². The van der Waals surface area contributed by atoms with Gasteiger partial charge in [0.15, 0.2) is 4.77 Å². The summed E-state index contributed by atoms with van der Waals surface area (Å²) in [6.45, 7) is 4.40. The molecule has 2 aromatic rings. The number of nitriles is 1. The number of nitrogens with zero attached hydrogens (tertiary/aromatic N) is 2. The average molecular weight is 273 g/mol. The van der Waals surface area contributed by atoms with Crippen molar-refractivity contribution < 1.29 is 0 Å². The first-order valence-electron chi connectivity index (χ1n) is 6.82. The molecular weight excluding hydrogens is 254 g/mol. The Hall–Kier alpha value is -1.60. The molecule has 1 aromatic heterocycles. The smallest absolute Gasteiger partial charge is 0.178 e. The van der Waals surface area contributed by atoms with Crippen molar-refractivity contribution in [2.45, 2.75) is 45.6 Å². The van der Waals surface area contributed by atoms with Gasteiger partial charge in [-0.05, 0) is 37.7 Å². The number of aromatic nitrogens is 2. The number of aromatic amines is 1. The summed E-state index contributed by atoms with van der Waals surface area (Å²) in [6.07, 6.45) is 4.81. The Kier molecular flexibility index (Phi) is 4.39. The van der Waals surface area contributed by atoms with Crippen LogP contribution >= 0.6 is 12.2 Å². The van der Waals surface area contributed by atoms with Crippen molar-refractivity contribution in [2.24, 2.45) is 0 Å². The maximum Gasteiger partial charge on any atom is 0.178 e. The van der Waals surface area contributed by atoms with Crippen molar-refractivity contribution in [3.05, 3.63) is 28.5 Å². The van der Waals surface area contributed by atoms with Crippen LogP contribution in [0.2, 0.25) is 0 Å². The molecule has 1 atom stereocenters. The molecule has 0 aliphatic heterocycles. The Bertz CT molecular complexity index is 660. The Morgan fingerprint density at radius 1 is 1.42 bits per heavy atom. The molecule has 0 radical (unpaired) electrons. The number of imidazole rings is 1. The second kappa shape index (κ2) is 6.03. The first-order valence-corrected chi connectivity index (χ1v) is 7.23. The van der Waals surface area contributed by atoms with E-state index in [1.165, 1.54) is 19.3 Å². The van der Waals surface area contributed by atoms with E-state index in [9.17, 15) is 0 Å². The molecule has 1 unspecified atom stereocenters. The maximum atomic E-state index is 9.13. The highest BCUT2D eigenvalue weighted by Gasteiger charge is 2.12. The lowest BCUT2D eigenvalue weighted by atomic mass is 10.1. The number of fused-ring (bicyclic) bond motifs is 1. The maximum absolute atomic E-state index is 9.13. The van der Waals surface area contributed by atoms with E-state index in [4.69, 9.17) is 17.5 Å². The summed E-state index contributed by atoms with van der Waals surface area (Å²) in [5.74, 6) is 0. The SMILES string of the molecule is CCCCCC(C)n1c(=S)[nH]c2c(C#N)cccc21. The second-order valence-electron chi connectivity index (χ2n) is 4.96. The van der Waals surface area contributed by atoms with Gasteiger partial charge in [-0.3, -0.25) is 0 Å². The van der Waals surface area contributed by atoms with Crippen LogP contribution in [0.4, 0.5) is 0 Å². The summed E-state index contributed by atoms with van der Waals surface area (Å²) < 4.78 is 2.85. The van der Waals surface area contributed by atoms with Crippen LogP contribution in [0, 0.1) is 16.1 Å². The van der Waals surface area contributed by atoms with Crippen LogP contribution < -0.4 is 0 Å². The first-order chi connectivity index (χ1) is 9.19. The van der Waals surface area contributed by atoms with E-state index in [1.807, 2.05) is 18.2 Å². The summed E-state index contributed by atoms with van der Waals surface area (Å²) in [6, 6.07) is 8.33. The summed E-state index contributed by atoms with van der Waals surface area (Å²) in [5.41, 5.74) is 2.55. The number of nitrogens with one attached hydrogen (secondary N) is 1. The van der Waals surface area contributed by atoms with Gasteiger partial charge < -0.3 is 9.55 Å². The molecule has 0 spiro atoms. The van der Waals surface area contributed by atoms with Crippen LogP contribution in [0.5, 0.6) is 0 Å². The zero-order valence-corrected chi connectivity index (χ0v) is 12.3. The molecule has 0 saturated carbocycles. The van der Waals surface area contributed by atoms with E-state index < -0.39 is 0 Å². The molecule has 100 valence electrons. The molecule has 0 aliphatic carbocycles. The van der Waals surface area contributed by atoms with Gasteiger partial charge in [-0.15, -0.1) is 0 Å². The van der Waals surface area contributed by atoms with Crippen molar-refractivity contribution in [1.82, 2.24) is 9.55 Å². The minimum Gasteiger partial charge on any atom is -0.329 e. The molecule has 1 heterocycles. The molecular formula is C15H19N3S. The Morgan fingerprint density at radius 3 is 2.89 bits per heavy atom. The normalized spacial score (nSPS) is 12.5. The van der Waals surface area contributed by atoms with Crippen molar-refractivity contribution in [1.29, 1.82) is 5.26 Å². The lowest BCUT2D eigenvalue weighted by Gasteiger charge is -2.14. The third kappa shape index (κ3) is 2.71. The molecule has 0 fully saturated rings. The van der Waals surface area contributed by atoms with Gasteiger partial charge in [0.2, 0.25) is 0 Å². The predicted octanol–water partition coefficient (Wildman–Crippen LogP) is 4.71. The summed E-state index contributed by atoms with van der Waals surface area (Å²) in [5, 5.41) is 9.13. The van der Waals surface area contributed by atoms with Gasteiger partial charge in [0.1, 0.15) is 6.07 Å². The Morgan fingerprint density at radius 2 is 2.21 bits per heavy atom. The molecule has 3 nitrogen and oxygen atoms in total. The van der Waals surface area contributed by atoms with E-state index in [0.717, 1.165) is 17.5 Å². The number of unbranched alkanes of at least 4 members (excludes halogenated alkanes) is 2. The van der Waals surface area contributed by atoms with E-state index in [-0.39, 0.29) is 0 Å². The number of benzene rings is 1. The number of rotatable bonds is 5. The fraction of sp³-hybridized carbons (Fsp3) is 0.467. The fourth-order valence-electron chi connectivity index (χ4n) is 2.50. The highest BCUT2D eigenvalue weighted by Crippen LogP contribution is 2.24. The van der Waals surface area contributed by atoms with E-state index in [1.54, 1.807) is 0 Å². The molecule has 0 bridgehead atoms. The topological polar surface area (TPSA) is 44.5 Å². The molecule has 0 amide bonds. The van der Waals surface area contributed by atoms with Crippen LogP contribution in [0.15, 0.2) is 18.2 Å². The standard InChI is InChI=1S/C15H19N3S/c1-3-4-5-7-11(2)18-13-9-6-8-12(10-16)14(13)17-15(18)19/h6,8-9,11H,3-5,7H2,1-2H3,(H,17,19). The van der Waals surface area contributed by atoms with Gasteiger partial charge >= 0.3 is 0 Å². The molecule has 1 aromatic carbocycles. The third-order valence-corrected chi connectivity index (χ3v) is 3.84. The van der Waals surface area contributed by atoms with Gasteiger partial charge in [0.05, 0.1) is 16.6 Å². The van der Waals surface area contributed by atoms with Crippen molar-refractivity contribution in [2.75, 3.05) is 0 Å². The van der Waals surface area contributed by atoms with Gasteiger partial charge in [-0.2, -0.15) is 5.26 Å². The molecule has 0 saturated heterocycles. The van der Waals surface area contributed by atoms with E-state index in [0.29, 0.717) is 16.4 Å². The zero-order chi connectivity index (χ0) is 13.8. The van der Waals surface area contributed by atoms with Crippen molar-refractivity contribution in [3.63, 3.8) is 0 Å². The molecule has 19 heavy (non-hydrogen) atoms. The number of hydrogen-bond acceptors (Lipinski definition) is 2. The lowest BCUT2D eigenvalue weighted by Crippen LogP contribution is -2.05. The van der Waals surface area contributed by atoms with Gasteiger partial charge in [-0.1, -0.05) is 32.3 Å². The largest absolute Gasteiger partial charge is 0.329 e. The third-order valence-electron chi connectivity index (χ3n) is 3.54. The average Bonchev–Trinajstić information content (AvgIpc) is 2.74. The van der Waals surface area contributed by atoms with Crippen LogP contribution in [-0.4, -0.2) is 9.55 Å². The minimum atomic E-state index is 0.363.